The number of anilines is 1. The molecule has 0 aromatic heterocycles. The molecule has 0 aliphatic carbocycles. The van der Waals surface area contributed by atoms with Gasteiger partial charge in [0.15, 0.2) is 0 Å². The van der Waals surface area contributed by atoms with Crippen molar-refractivity contribution < 1.29 is 19.2 Å². The molecule has 0 saturated carbocycles. The van der Waals surface area contributed by atoms with Crippen LogP contribution in [0.2, 0.25) is 0 Å². The molecule has 1 aromatic carbocycles. The number of para-hydroxylation sites is 1. The zero-order chi connectivity index (χ0) is 14.6. The number of rotatable bonds is 6. The van der Waals surface area contributed by atoms with E-state index in [1.807, 2.05) is 13.8 Å². The number of hydrogen-bond acceptors (Lipinski definition) is 4. The van der Waals surface area contributed by atoms with Gasteiger partial charge in [0.25, 0.3) is 0 Å². The predicted octanol–water partition coefficient (Wildman–Crippen LogP) is 2.28. The highest BCUT2D eigenvalue weighted by atomic mass is 19.1. The van der Waals surface area contributed by atoms with Crippen molar-refractivity contribution in [3.05, 3.63) is 34.1 Å². The van der Waals surface area contributed by atoms with Crippen LogP contribution in [-0.4, -0.2) is 29.1 Å². The molecule has 7 heteroatoms. The predicted molar refractivity (Wildman–Crippen MR) is 67.7 cm³/mol. The molecule has 0 spiro atoms. The lowest BCUT2D eigenvalue weighted by Crippen LogP contribution is -2.33. The normalized spacial score (nSPS) is 10.5. The zero-order valence-corrected chi connectivity index (χ0v) is 10.7. The molecule has 0 amide bonds. The summed E-state index contributed by atoms with van der Waals surface area (Å²) < 4.78 is 13.5. The third kappa shape index (κ3) is 3.90. The van der Waals surface area contributed by atoms with E-state index in [2.05, 4.69) is 0 Å². The van der Waals surface area contributed by atoms with Crippen LogP contribution in [0.5, 0.6) is 0 Å². The van der Waals surface area contributed by atoms with Crippen LogP contribution in [0.1, 0.15) is 13.8 Å². The number of nitrogens with zero attached hydrogens (tertiary/aromatic N) is 2. The van der Waals surface area contributed by atoms with Gasteiger partial charge >= 0.3 is 11.7 Å². The van der Waals surface area contributed by atoms with Crippen molar-refractivity contribution in [1.82, 2.24) is 0 Å². The van der Waals surface area contributed by atoms with E-state index in [4.69, 9.17) is 5.11 Å². The van der Waals surface area contributed by atoms with Gasteiger partial charge in [0.1, 0.15) is 12.2 Å². The maximum absolute atomic E-state index is 13.5. The Morgan fingerprint density at radius 3 is 2.63 bits per heavy atom. The molecule has 6 nitrogen and oxygen atoms in total. The molecular weight excluding hydrogens is 255 g/mol. The molecule has 104 valence electrons. The third-order valence-corrected chi connectivity index (χ3v) is 2.40. The number of nitro groups is 1. The number of aliphatic carboxylic acids is 1. The van der Waals surface area contributed by atoms with Gasteiger partial charge in [-0.15, -0.1) is 0 Å². The Morgan fingerprint density at radius 2 is 2.16 bits per heavy atom. The lowest BCUT2D eigenvalue weighted by atomic mass is 10.1. The summed E-state index contributed by atoms with van der Waals surface area (Å²) in [5.41, 5.74) is -0.703. The van der Waals surface area contributed by atoms with Crippen molar-refractivity contribution in [2.24, 2.45) is 5.92 Å². The van der Waals surface area contributed by atoms with E-state index < -0.39 is 28.9 Å². The van der Waals surface area contributed by atoms with Gasteiger partial charge in [-0.2, -0.15) is 4.39 Å². The molecule has 1 aromatic rings. The minimum absolute atomic E-state index is 0.0129. The summed E-state index contributed by atoms with van der Waals surface area (Å²) in [5.74, 6) is -2.01. The molecule has 19 heavy (non-hydrogen) atoms. The number of nitro benzene ring substituents is 1. The average Bonchev–Trinajstić information content (AvgIpc) is 2.25. The van der Waals surface area contributed by atoms with Crippen LogP contribution in [0, 0.1) is 21.8 Å². The van der Waals surface area contributed by atoms with E-state index in [-0.39, 0.29) is 18.2 Å². The summed E-state index contributed by atoms with van der Waals surface area (Å²) in [4.78, 5) is 22.2. The Balaban J connectivity index is 3.24. The van der Waals surface area contributed by atoms with Gasteiger partial charge in [-0.3, -0.25) is 14.9 Å². The minimum Gasteiger partial charge on any atom is -0.480 e. The molecule has 0 bridgehead atoms. The number of carboxylic acid groups (broad SMARTS) is 1. The Bertz CT molecular complexity index is 491. The zero-order valence-electron chi connectivity index (χ0n) is 10.7. The fourth-order valence-electron chi connectivity index (χ4n) is 1.79. The molecule has 0 radical (unpaired) electrons. The highest BCUT2D eigenvalue weighted by molar-refractivity contribution is 5.76. The van der Waals surface area contributed by atoms with Crippen LogP contribution < -0.4 is 4.90 Å². The summed E-state index contributed by atoms with van der Waals surface area (Å²) >= 11 is 0. The second-order valence-electron chi connectivity index (χ2n) is 4.53. The largest absolute Gasteiger partial charge is 0.480 e. The lowest BCUT2D eigenvalue weighted by molar-refractivity contribution is -0.386. The van der Waals surface area contributed by atoms with Crippen molar-refractivity contribution in [1.29, 1.82) is 0 Å². The molecule has 0 aliphatic rings. The van der Waals surface area contributed by atoms with Crippen LogP contribution in [-0.2, 0) is 4.79 Å². The summed E-state index contributed by atoms with van der Waals surface area (Å²) in [6.45, 7) is 3.57. The van der Waals surface area contributed by atoms with Gasteiger partial charge in [0.2, 0.25) is 5.82 Å². The maximum atomic E-state index is 13.5. The third-order valence-electron chi connectivity index (χ3n) is 2.40. The standard InChI is InChI=1S/C12H15FN2O4/c1-8(2)6-14(7-11(16)17)10-5-3-4-9(13)12(10)15(18)19/h3-5,8H,6-7H2,1-2H3,(H,16,17). The summed E-state index contributed by atoms with van der Waals surface area (Å²) in [7, 11) is 0. The van der Waals surface area contributed by atoms with Crippen molar-refractivity contribution in [3.8, 4) is 0 Å². The number of carbonyl (C=O) groups is 1. The van der Waals surface area contributed by atoms with Gasteiger partial charge in [0.05, 0.1) is 4.92 Å². The molecule has 0 atom stereocenters. The number of benzene rings is 1. The number of halogens is 1. The molecule has 0 fully saturated rings. The fourth-order valence-corrected chi connectivity index (χ4v) is 1.79. The topological polar surface area (TPSA) is 83.7 Å². The first-order valence-electron chi connectivity index (χ1n) is 5.72. The highest BCUT2D eigenvalue weighted by Gasteiger charge is 2.25. The maximum Gasteiger partial charge on any atom is 0.327 e. The van der Waals surface area contributed by atoms with E-state index >= 15 is 0 Å². The smallest absolute Gasteiger partial charge is 0.327 e. The second-order valence-corrected chi connectivity index (χ2v) is 4.53. The van der Waals surface area contributed by atoms with E-state index in [9.17, 15) is 19.3 Å². The molecule has 0 saturated heterocycles. The van der Waals surface area contributed by atoms with Crippen LogP contribution >= 0.6 is 0 Å². The molecule has 1 N–H and O–H groups in total. The second kappa shape index (κ2) is 6.12. The van der Waals surface area contributed by atoms with Crippen LogP contribution in [0.4, 0.5) is 15.8 Å². The Kier molecular flexibility index (Phi) is 4.80. The summed E-state index contributed by atoms with van der Waals surface area (Å²) in [6, 6.07) is 3.66. The van der Waals surface area contributed by atoms with Gasteiger partial charge < -0.3 is 10.0 Å². The van der Waals surface area contributed by atoms with E-state index in [1.165, 1.54) is 17.0 Å². The Morgan fingerprint density at radius 1 is 1.53 bits per heavy atom. The molecule has 0 heterocycles. The van der Waals surface area contributed by atoms with E-state index in [1.54, 1.807) is 0 Å². The van der Waals surface area contributed by atoms with Crippen LogP contribution in [0.3, 0.4) is 0 Å². The first kappa shape index (κ1) is 14.9. The first-order valence-corrected chi connectivity index (χ1v) is 5.72. The molecule has 0 unspecified atom stereocenters. The summed E-state index contributed by atoms with van der Waals surface area (Å²) in [6.07, 6.45) is 0. The van der Waals surface area contributed by atoms with Crippen LogP contribution in [0.25, 0.3) is 0 Å². The highest BCUT2D eigenvalue weighted by Crippen LogP contribution is 2.31. The number of hydrogen-bond donors (Lipinski definition) is 1. The monoisotopic (exact) mass is 270 g/mol. The van der Waals surface area contributed by atoms with Crippen LogP contribution in [0.15, 0.2) is 18.2 Å². The summed E-state index contributed by atoms with van der Waals surface area (Å²) in [5, 5.41) is 19.8. The Hall–Kier alpha value is -2.18. The van der Waals surface area contributed by atoms with Gasteiger partial charge in [-0.25, -0.2) is 0 Å². The number of carboxylic acids is 1. The fraction of sp³-hybridized carbons (Fsp3) is 0.417. The Labute approximate surface area is 109 Å². The molecule has 1 rings (SSSR count). The minimum atomic E-state index is -1.13. The van der Waals surface area contributed by atoms with Gasteiger partial charge in [0, 0.05) is 6.54 Å². The molecule has 0 aliphatic heterocycles. The van der Waals surface area contributed by atoms with Crippen molar-refractivity contribution in [3.63, 3.8) is 0 Å². The quantitative estimate of drug-likeness (QED) is 0.633. The van der Waals surface area contributed by atoms with E-state index in [0.29, 0.717) is 0 Å². The molecular formula is C12H15FN2O4. The van der Waals surface area contributed by atoms with E-state index in [0.717, 1.165) is 6.07 Å². The van der Waals surface area contributed by atoms with Crippen molar-refractivity contribution >= 4 is 17.3 Å². The van der Waals surface area contributed by atoms with Gasteiger partial charge in [-0.05, 0) is 18.1 Å². The van der Waals surface area contributed by atoms with Crippen molar-refractivity contribution in [2.45, 2.75) is 13.8 Å². The first-order chi connectivity index (χ1) is 8.82. The van der Waals surface area contributed by atoms with Gasteiger partial charge in [-0.1, -0.05) is 19.9 Å². The average molecular weight is 270 g/mol. The lowest BCUT2D eigenvalue weighted by Gasteiger charge is -2.24. The SMILES string of the molecule is CC(C)CN(CC(=O)O)c1cccc(F)c1[N+](=O)[O-]. The van der Waals surface area contributed by atoms with Crippen molar-refractivity contribution in [2.75, 3.05) is 18.0 Å².